The highest BCUT2D eigenvalue weighted by molar-refractivity contribution is 7.91. The molecule has 4 rings (SSSR count). The molecule has 0 radical (unpaired) electrons. The summed E-state index contributed by atoms with van der Waals surface area (Å²) in [5, 5.41) is 4.70. The Morgan fingerprint density at radius 3 is 2.30 bits per heavy atom. The molecule has 1 aromatic rings. The molecule has 0 saturated carbocycles. The first-order valence-corrected chi connectivity index (χ1v) is 13.1. The highest BCUT2D eigenvalue weighted by Gasteiger charge is 2.33. The van der Waals surface area contributed by atoms with Gasteiger partial charge >= 0.3 is 0 Å². The second kappa shape index (κ2) is 8.49. The molecule has 0 N–H and O–H groups in total. The van der Waals surface area contributed by atoms with Crippen LogP contribution in [0, 0.1) is 19.8 Å². The quantitative estimate of drug-likeness (QED) is 0.705. The molecule has 3 aliphatic rings. The Labute approximate surface area is 180 Å². The number of amides is 1. The van der Waals surface area contributed by atoms with Crippen LogP contribution in [0.25, 0.3) is 0 Å². The zero-order valence-electron chi connectivity index (χ0n) is 18.5. The summed E-state index contributed by atoms with van der Waals surface area (Å²) in [6, 6.07) is -0.0476. The molecule has 0 spiro atoms. The van der Waals surface area contributed by atoms with Crippen molar-refractivity contribution in [3.05, 3.63) is 11.4 Å². The first kappa shape index (κ1) is 21.6. The van der Waals surface area contributed by atoms with E-state index in [9.17, 15) is 13.2 Å². The zero-order chi connectivity index (χ0) is 21.5. The van der Waals surface area contributed by atoms with E-state index in [1.807, 2.05) is 23.4 Å². The molecule has 1 amide bonds. The number of carbonyl (C=O) groups excluding carboxylic acids is 1. The van der Waals surface area contributed by atoms with Crippen LogP contribution >= 0.6 is 0 Å². The fourth-order valence-corrected chi connectivity index (χ4v) is 6.81. The van der Waals surface area contributed by atoms with Crippen molar-refractivity contribution in [1.82, 2.24) is 19.6 Å². The number of carbonyl (C=O) groups is 1. The molecular weight excluding hydrogens is 402 g/mol. The molecule has 3 saturated heterocycles. The highest BCUT2D eigenvalue weighted by atomic mass is 32.2. The summed E-state index contributed by atoms with van der Waals surface area (Å²) >= 11 is 0. The highest BCUT2D eigenvalue weighted by Crippen LogP contribution is 2.31. The summed E-state index contributed by atoms with van der Waals surface area (Å²) in [6.45, 7) is 12.1. The molecule has 30 heavy (non-hydrogen) atoms. The molecule has 9 heteroatoms. The Hall–Kier alpha value is -1.61. The molecule has 0 bridgehead atoms. The minimum Gasteiger partial charge on any atom is -0.366 e. The molecular formula is C21H35N5O3S. The summed E-state index contributed by atoms with van der Waals surface area (Å²) in [6.07, 6.45) is 2.88. The zero-order valence-corrected chi connectivity index (χ0v) is 19.3. The number of nitrogens with zero attached hydrogens (tertiary/aromatic N) is 5. The number of hydrogen-bond donors (Lipinski definition) is 0. The van der Waals surface area contributed by atoms with Crippen molar-refractivity contribution in [2.24, 2.45) is 5.92 Å². The number of hydrogen-bond acceptors (Lipinski definition) is 6. The second-order valence-corrected chi connectivity index (χ2v) is 11.6. The van der Waals surface area contributed by atoms with E-state index in [-0.39, 0.29) is 23.5 Å². The SMILES string of the molecule is Cc1nn(C2CCS(=O)(=O)C2)c(C)c1N1CCN(CC(=O)N2CCC(C)CC2)CC1. The van der Waals surface area contributed by atoms with E-state index in [0.29, 0.717) is 13.0 Å². The Kier molecular flexibility index (Phi) is 6.12. The van der Waals surface area contributed by atoms with Crippen LogP contribution in [0.4, 0.5) is 5.69 Å². The molecule has 168 valence electrons. The first-order valence-electron chi connectivity index (χ1n) is 11.2. The largest absolute Gasteiger partial charge is 0.366 e. The van der Waals surface area contributed by atoms with Gasteiger partial charge in [-0.15, -0.1) is 0 Å². The standard InChI is InChI=1S/C21H35N5O3S/c1-16-4-7-24(8-5-16)20(27)14-23-9-11-25(12-10-23)21-17(2)22-26(18(21)3)19-6-13-30(28,29)15-19/h16,19H,4-15H2,1-3H3. The third kappa shape index (κ3) is 4.51. The third-order valence-corrected chi connectivity index (χ3v) is 8.78. The topological polar surface area (TPSA) is 78.8 Å². The van der Waals surface area contributed by atoms with Gasteiger partial charge in [0.1, 0.15) is 0 Å². The lowest BCUT2D eigenvalue weighted by Gasteiger charge is -2.37. The summed E-state index contributed by atoms with van der Waals surface area (Å²) in [7, 11) is -2.94. The van der Waals surface area contributed by atoms with Gasteiger partial charge in [-0.3, -0.25) is 14.4 Å². The van der Waals surface area contributed by atoms with Gasteiger partial charge in [0.25, 0.3) is 0 Å². The van der Waals surface area contributed by atoms with Crippen LogP contribution in [0.1, 0.15) is 43.6 Å². The average molecular weight is 438 g/mol. The monoisotopic (exact) mass is 437 g/mol. The fourth-order valence-electron chi connectivity index (χ4n) is 5.11. The van der Waals surface area contributed by atoms with Crippen molar-refractivity contribution in [3.8, 4) is 0 Å². The number of likely N-dealkylation sites (tertiary alicyclic amines) is 1. The van der Waals surface area contributed by atoms with Crippen LogP contribution in [-0.4, -0.2) is 91.2 Å². The fraction of sp³-hybridized carbons (Fsp3) is 0.810. The smallest absolute Gasteiger partial charge is 0.236 e. The maximum absolute atomic E-state index is 12.6. The van der Waals surface area contributed by atoms with Gasteiger partial charge in [-0.2, -0.15) is 5.10 Å². The maximum Gasteiger partial charge on any atom is 0.236 e. The average Bonchev–Trinajstić information content (AvgIpc) is 3.21. The number of aryl methyl sites for hydroxylation is 1. The Bertz CT molecular complexity index is 881. The van der Waals surface area contributed by atoms with E-state index in [4.69, 9.17) is 5.10 Å². The van der Waals surface area contributed by atoms with Gasteiger partial charge in [0, 0.05) is 39.3 Å². The van der Waals surface area contributed by atoms with E-state index >= 15 is 0 Å². The number of anilines is 1. The summed E-state index contributed by atoms with van der Waals surface area (Å²) in [4.78, 5) is 19.3. The van der Waals surface area contributed by atoms with E-state index < -0.39 is 9.84 Å². The van der Waals surface area contributed by atoms with Gasteiger partial charge in [-0.05, 0) is 39.0 Å². The van der Waals surface area contributed by atoms with Gasteiger partial charge in [-0.25, -0.2) is 8.42 Å². The Morgan fingerprint density at radius 1 is 1.03 bits per heavy atom. The van der Waals surface area contributed by atoms with Gasteiger partial charge in [-0.1, -0.05) is 6.92 Å². The van der Waals surface area contributed by atoms with Crippen LogP contribution in [-0.2, 0) is 14.6 Å². The lowest BCUT2D eigenvalue weighted by molar-refractivity contribution is -0.133. The van der Waals surface area contributed by atoms with Crippen molar-refractivity contribution in [2.45, 2.75) is 46.1 Å². The van der Waals surface area contributed by atoms with E-state index in [0.717, 1.165) is 75.1 Å². The first-order chi connectivity index (χ1) is 14.2. The second-order valence-electron chi connectivity index (χ2n) is 9.35. The Balaban J connectivity index is 1.35. The van der Waals surface area contributed by atoms with Crippen molar-refractivity contribution >= 4 is 21.4 Å². The van der Waals surface area contributed by atoms with Gasteiger partial charge in [0.05, 0.1) is 41.2 Å². The van der Waals surface area contributed by atoms with Crippen LogP contribution in [0.2, 0.25) is 0 Å². The van der Waals surface area contributed by atoms with E-state index in [1.165, 1.54) is 0 Å². The van der Waals surface area contributed by atoms with Crippen molar-refractivity contribution in [1.29, 1.82) is 0 Å². The number of piperidine rings is 1. The van der Waals surface area contributed by atoms with Crippen molar-refractivity contribution < 1.29 is 13.2 Å². The van der Waals surface area contributed by atoms with E-state index in [1.54, 1.807) is 0 Å². The number of piperazine rings is 1. The van der Waals surface area contributed by atoms with Gasteiger partial charge < -0.3 is 9.80 Å². The molecule has 8 nitrogen and oxygen atoms in total. The Morgan fingerprint density at radius 2 is 1.70 bits per heavy atom. The lowest BCUT2D eigenvalue weighted by atomic mass is 9.99. The molecule has 1 atom stereocenters. The number of rotatable bonds is 4. The molecule has 0 aliphatic carbocycles. The molecule has 3 aliphatic heterocycles. The lowest BCUT2D eigenvalue weighted by Crippen LogP contribution is -2.51. The van der Waals surface area contributed by atoms with Crippen LogP contribution < -0.4 is 4.90 Å². The summed E-state index contributed by atoms with van der Waals surface area (Å²) < 4.78 is 25.7. The van der Waals surface area contributed by atoms with Crippen molar-refractivity contribution in [3.63, 3.8) is 0 Å². The van der Waals surface area contributed by atoms with E-state index in [2.05, 4.69) is 16.7 Å². The predicted molar refractivity (Wildman–Crippen MR) is 118 cm³/mol. The molecule has 3 fully saturated rings. The minimum atomic E-state index is -2.94. The normalized spacial score (nSPS) is 25.8. The van der Waals surface area contributed by atoms with Crippen LogP contribution in [0.15, 0.2) is 0 Å². The molecule has 0 aromatic carbocycles. The molecule has 1 aromatic heterocycles. The molecule has 1 unspecified atom stereocenters. The minimum absolute atomic E-state index is 0.0476. The van der Waals surface area contributed by atoms with Crippen molar-refractivity contribution in [2.75, 3.05) is 62.2 Å². The van der Waals surface area contributed by atoms with Crippen LogP contribution in [0.5, 0.6) is 0 Å². The predicted octanol–water partition coefficient (Wildman–Crippen LogP) is 1.24. The maximum atomic E-state index is 12.6. The number of sulfone groups is 1. The third-order valence-electron chi connectivity index (χ3n) is 7.02. The summed E-state index contributed by atoms with van der Waals surface area (Å²) in [5.74, 6) is 1.44. The number of aromatic nitrogens is 2. The molecule has 4 heterocycles. The van der Waals surface area contributed by atoms with Gasteiger partial charge in [0.2, 0.25) is 5.91 Å². The van der Waals surface area contributed by atoms with Crippen LogP contribution in [0.3, 0.4) is 0 Å². The van der Waals surface area contributed by atoms with Gasteiger partial charge in [0.15, 0.2) is 9.84 Å². The summed E-state index contributed by atoms with van der Waals surface area (Å²) in [5.41, 5.74) is 3.15.